The molecule has 0 aromatic carbocycles. The van der Waals surface area contributed by atoms with Crippen molar-refractivity contribution in [2.75, 3.05) is 6.54 Å². The largest absolute Gasteiger partial charge is 0.314 e. The smallest absolute Gasteiger partial charge is 0.00979 e. The molecule has 1 aliphatic carbocycles. The molecule has 1 nitrogen and oxygen atoms in total. The SMILES string of the molecule is CC1CC1C1CCCCN1. The standard InChI is InChI=1S/C9H17N/c1-7-6-8(7)9-4-2-3-5-10-9/h7-10H,2-6H2,1H3. The minimum absolute atomic E-state index is 0.892. The van der Waals surface area contributed by atoms with Gasteiger partial charge in [0.1, 0.15) is 0 Å². The van der Waals surface area contributed by atoms with Gasteiger partial charge in [-0.05, 0) is 37.6 Å². The van der Waals surface area contributed by atoms with Crippen LogP contribution in [0.15, 0.2) is 0 Å². The van der Waals surface area contributed by atoms with E-state index in [9.17, 15) is 0 Å². The van der Waals surface area contributed by atoms with Crippen molar-refractivity contribution in [2.45, 2.75) is 38.6 Å². The number of hydrogen-bond donors (Lipinski definition) is 1. The average Bonchev–Trinajstić information content (AvgIpc) is 2.69. The predicted molar refractivity (Wildman–Crippen MR) is 42.9 cm³/mol. The van der Waals surface area contributed by atoms with Crippen molar-refractivity contribution in [3.8, 4) is 0 Å². The topological polar surface area (TPSA) is 12.0 Å². The lowest BCUT2D eigenvalue weighted by Crippen LogP contribution is -2.35. The Morgan fingerprint density at radius 3 is 2.60 bits per heavy atom. The molecule has 0 aromatic rings. The molecule has 1 heteroatoms. The molecule has 2 aliphatic rings. The van der Waals surface area contributed by atoms with Gasteiger partial charge in [0.25, 0.3) is 0 Å². The van der Waals surface area contributed by atoms with E-state index in [1.54, 1.807) is 0 Å². The fourth-order valence-corrected chi connectivity index (χ4v) is 2.16. The summed E-state index contributed by atoms with van der Waals surface area (Å²) in [6, 6.07) is 0.892. The first kappa shape index (κ1) is 6.66. The summed E-state index contributed by atoms with van der Waals surface area (Å²) in [6.45, 7) is 3.65. The Morgan fingerprint density at radius 2 is 2.10 bits per heavy atom. The first-order valence-electron chi connectivity index (χ1n) is 4.61. The highest BCUT2D eigenvalue weighted by Crippen LogP contribution is 2.42. The van der Waals surface area contributed by atoms with Crippen LogP contribution in [-0.2, 0) is 0 Å². The second kappa shape index (κ2) is 2.54. The van der Waals surface area contributed by atoms with Gasteiger partial charge in [0, 0.05) is 6.04 Å². The average molecular weight is 139 g/mol. The van der Waals surface area contributed by atoms with Gasteiger partial charge in [-0.25, -0.2) is 0 Å². The van der Waals surface area contributed by atoms with E-state index in [4.69, 9.17) is 0 Å². The van der Waals surface area contributed by atoms with E-state index in [1.807, 2.05) is 0 Å². The van der Waals surface area contributed by atoms with E-state index in [-0.39, 0.29) is 0 Å². The lowest BCUT2D eigenvalue weighted by molar-refractivity contribution is 0.358. The van der Waals surface area contributed by atoms with E-state index >= 15 is 0 Å². The molecule has 3 unspecified atom stereocenters. The maximum absolute atomic E-state index is 3.61. The van der Waals surface area contributed by atoms with Crippen LogP contribution in [0.2, 0.25) is 0 Å². The van der Waals surface area contributed by atoms with E-state index in [2.05, 4.69) is 12.2 Å². The molecule has 1 heterocycles. The molecule has 58 valence electrons. The number of hydrogen-bond acceptors (Lipinski definition) is 1. The van der Waals surface area contributed by atoms with Crippen LogP contribution < -0.4 is 5.32 Å². The molecule has 0 amide bonds. The zero-order valence-corrected chi connectivity index (χ0v) is 6.77. The molecule has 0 spiro atoms. The van der Waals surface area contributed by atoms with Crippen LogP contribution >= 0.6 is 0 Å². The molecule has 3 atom stereocenters. The van der Waals surface area contributed by atoms with Gasteiger partial charge in [0.15, 0.2) is 0 Å². The van der Waals surface area contributed by atoms with E-state index in [0.29, 0.717) is 0 Å². The maximum Gasteiger partial charge on any atom is 0.00979 e. The lowest BCUT2D eigenvalue weighted by Gasteiger charge is -2.23. The van der Waals surface area contributed by atoms with Crippen molar-refractivity contribution < 1.29 is 0 Å². The molecular formula is C9H17N. The van der Waals surface area contributed by atoms with Gasteiger partial charge in [-0.3, -0.25) is 0 Å². The molecule has 0 radical (unpaired) electrons. The van der Waals surface area contributed by atoms with Crippen molar-refractivity contribution in [3.63, 3.8) is 0 Å². The summed E-state index contributed by atoms with van der Waals surface area (Å²) in [4.78, 5) is 0. The number of piperidine rings is 1. The molecule has 10 heavy (non-hydrogen) atoms. The first-order chi connectivity index (χ1) is 4.88. The van der Waals surface area contributed by atoms with Crippen LogP contribution in [0.5, 0.6) is 0 Å². The van der Waals surface area contributed by atoms with Crippen LogP contribution in [0, 0.1) is 11.8 Å². The molecule has 1 aliphatic heterocycles. The Hall–Kier alpha value is -0.0400. The molecule has 0 bridgehead atoms. The van der Waals surface area contributed by atoms with Crippen molar-refractivity contribution in [1.82, 2.24) is 5.32 Å². The molecular weight excluding hydrogens is 122 g/mol. The zero-order valence-electron chi connectivity index (χ0n) is 6.77. The quantitative estimate of drug-likeness (QED) is 0.584. The Morgan fingerprint density at radius 1 is 1.30 bits per heavy atom. The molecule has 1 saturated heterocycles. The Balaban J connectivity index is 1.81. The van der Waals surface area contributed by atoms with Crippen molar-refractivity contribution in [1.29, 1.82) is 0 Å². The Bertz CT molecular complexity index is 116. The molecule has 2 rings (SSSR count). The van der Waals surface area contributed by atoms with Crippen LogP contribution in [0.4, 0.5) is 0 Å². The fourth-order valence-electron chi connectivity index (χ4n) is 2.16. The van der Waals surface area contributed by atoms with Gasteiger partial charge >= 0.3 is 0 Å². The van der Waals surface area contributed by atoms with Crippen LogP contribution in [0.3, 0.4) is 0 Å². The highest BCUT2D eigenvalue weighted by atomic mass is 14.9. The molecule has 0 aromatic heterocycles. The van der Waals surface area contributed by atoms with Gasteiger partial charge in [-0.2, -0.15) is 0 Å². The third-order valence-corrected chi connectivity index (χ3v) is 3.04. The summed E-state index contributed by atoms with van der Waals surface area (Å²) >= 11 is 0. The minimum atomic E-state index is 0.892. The van der Waals surface area contributed by atoms with E-state index in [1.165, 1.54) is 32.2 Å². The molecule has 1 N–H and O–H groups in total. The van der Waals surface area contributed by atoms with Gasteiger partial charge in [-0.15, -0.1) is 0 Å². The van der Waals surface area contributed by atoms with Gasteiger partial charge in [0.2, 0.25) is 0 Å². The van der Waals surface area contributed by atoms with Gasteiger partial charge in [-0.1, -0.05) is 13.3 Å². The van der Waals surface area contributed by atoms with Gasteiger partial charge in [0.05, 0.1) is 0 Å². The van der Waals surface area contributed by atoms with Crippen molar-refractivity contribution in [2.24, 2.45) is 11.8 Å². The normalized spacial score (nSPS) is 47.1. The van der Waals surface area contributed by atoms with Crippen LogP contribution in [-0.4, -0.2) is 12.6 Å². The Kier molecular flexibility index (Phi) is 1.69. The summed E-state index contributed by atoms with van der Waals surface area (Å²) < 4.78 is 0. The summed E-state index contributed by atoms with van der Waals surface area (Å²) in [5.74, 6) is 2.07. The van der Waals surface area contributed by atoms with Crippen LogP contribution in [0.25, 0.3) is 0 Å². The summed E-state index contributed by atoms with van der Waals surface area (Å²) in [5.41, 5.74) is 0. The maximum atomic E-state index is 3.61. The monoisotopic (exact) mass is 139 g/mol. The lowest BCUT2D eigenvalue weighted by atomic mass is 10.00. The van der Waals surface area contributed by atoms with Crippen LogP contribution in [0.1, 0.15) is 32.6 Å². The highest BCUT2D eigenvalue weighted by Gasteiger charge is 2.39. The second-order valence-corrected chi connectivity index (χ2v) is 3.93. The zero-order chi connectivity index (χ0) is 6.97. The third-order valence-electron chi connectivity index (χ3n) is 3.04. The first-order valence-corrected chi connectivity index (χ1v) is 4.61. The highest BCUT2D eigenvalue weighted by molar-refractivity contribution is 4.93. The summed E-state index contributed by atoms with van der Waals surface area (Å²) in [5, 5.41) is 3.61. The summed E-state index contributed by atoms with van der Waals surface area (Å²) in [6.07, 6.45) is 5.78. The summed E-state index contributed by atoms with van der Waals surface area (Å²) in [7, 11) is 0. The number of rotatable bonds is 1. The van der Waals surface area contributed by atoms with E-state index < -0.39 is 0 Å². The minimum Gasteiger partial charge on any atom is -0.314 e. The van der Waals surface area contributed by atoms with Crippen molar-refractivity contribution >= 4 is 0 Å². The van der Waals surface area contributed by atoms with E-state index in [0.717, 1.165) is 17.9 Å². The number of nitrogens with one attached hydrogen (secondary N) is 1. The second-order valence-electron chi connectivity index (χ2n) is 3.93. The molecule has 1 saturated carbocycles. The van der Waals surface area contributed by atoms with Crippen molar-refractivity contribution in [3.05, 3.63) is 0 Å². The van der Waals surface area contributed by atoms with Gasteiger partial charge < -0.3 is 5.32 Å². The molecule has 2 fully saturated rings. The Labute approximate surface area is 63.2 Å². The third kappa shape index (κ3) is 1.20. The predicted octanol–water partition coefficient (Wildman–Crippen LogP) is 1.78. The fraction of sp³-hybridized carbons (Fsp3) is 1.00.